The Kier molecular flexibility index (Phi) is 5.27. The fourth-order valence-corrected chi connectivity index (χ4v) is 3.27. The molecule has 0 aliphatic carbocycles. The number of halogens is 1. The van der Waals surface area contributed by atoms with E-state index in [1.807, 2.05) is 6.07 Å². The minimum absolute atomic E-state index is 0.587. The molecule has 1 aromatic carbocycles. The molecule has 0 radical (unpaired) electrons. The third-order valence-electron chi connectivity index (χ3n) is 3.99. The molecule has 1 unspecified atom stereocenters. The van der Waals surface area contributed by atoms with Crippen LogP contribution in [0.25, 0.3) is 0 Å². The molecular formula is C16H21BrN2. The Bertz CT molecular complexity index is 464. The van der Waals surface area contributed by atoms with Gasteiger partial charge in [0.2, 0.25) is 0 Å². The van der Waals surface area contributed by atoms with Crippen molar-refractivity contribution < 1.29 is 0 Å². The Morgan fingerprint density at radius 3 is 2.89 bits per heavy atom. The van der Waals surface area contributed by atoms with Crippen molar-refractivity contribution in [3.05, 3.63) is 29.3 Å². The van der Waals surface area contributed by atoms with Gasteiger partial charge in [0.15, 0.2) is 0 Å². The van der Waals surface area contributed by atoms with E-state index in [1.54, 1.807) is 0 Å². The lowest BCUT2D eigenvalue weighted by Crippen LogP contribution is -2.34. The standard InChI is InChI=1S/C16H21BrN2/c1-2-15-6-4-3-5-9-19(15)16-8-7-13(11-17)10-14(16)12-18/h7-8,10,15H,2-6,9,11H2,1H3. The van der Waals surface area contributed by atoms with E-state index < -0.39 is 0 Å². The number of anilines is 1. The Labute approximate surface area is 124 Å². The van der Waals surface area contributed by atoms with E-state index in [2.05, 4.69) is 46.0 Å². The molecule has 0 amide bonds. The van der Waals surface area contributed by atoms with Crippen LogP contribution in [0.1, 0.15) is 50.2 Å². The molecule has 1 atom stereocenters. The number of hydrogen-bond donors (Lipinski definition) is 0. The number of nitrogens with zero attached hydrogens (tertiary/aromatic N) is 2. The van der Waals surface area contributed by atoms with Gasteiger partial charge in [0.05, 0.1) is 11.3 Å². The predicted octanol–water partition coefficient (Wildman–Crippen LogP) is 4.61. The monoisotopic (exact) mass is 320 g/mol. The third kappa shape index (κ3) is 3.30. The van der Waals surface area contributed by atoms with Crippen LogP contribution >= 0.6 is 15.9 Å². The summed E-state index contributed by atoms with van der Waals surface area (Å²) in [6.45, 7) is 3.34. The second-order valence-electron chi connectivity index (χ2n) is 5.20. The molecule has 1 heterocycles. The van der Waals surface area contributed by atoms with Gasteiger partial charge in [-0.3, -0.25) is 0 Å². The van der Waals surface area contributed by atoms with Gasteiger partial charge in [-0.2, -0.15) is 5.26 Å². The molecule has 2 nitrogen and oxygen atoms in total. The maximum atomic E-state index is 9.41. The smallest absolute Gasteiger partial charge is 0.101 e. The lowest BCUT2D eigenvalue weighted by atomic mass is 10.0. The van der Waals surface area contributed by atoms with Crippen LogP contribution in [0.3, 0.4) is 0 Å². The first kappa shape index (κ1) is 14.4. The second kappa shape index (κ2) is 6.96. The highest BCUT2D eigenvalue weighted by atomic mass is 79.9. The molecule has 2 rings (SSSR count). The molecule has 0 spiro atoms. The fraction of sp³-hybridized carbons (Fsp3) is 0.562. The first-order valence-corrected chi connectivity index (χ1v) is 8.28. The molecule has 0 bridgehead atoms. The van der Waals surface area contributed by atoms with Crippen molar-refractivity contribution in [1.82, 2.24) is 0 Å². The van der Waals surface area contributed by atoms with Crippen LogP contribution in [0.5, 0.6) is 0 Å². The average molecular weight is 321 g/mol. The minimum Gasteiger partial charge on any atom is -0.367 e. The Morgan fingerprint density at radius 1 is 1.37 bits per heavy atom. The zero-order valence-electron chi connectivity index (χ0n) is 11.5. The average Bonchev–Trinajstić information content (AvgIpc) is 2.71. The van der Waals surface area contributed by atoms with E-state index in [1.165, 1.54) is 31.2 Å². The molecule has 1 aromatic rings. The van der Waals surface area contributed by atoms with Crippen molar-refractivity contribution in [3.8, 4) is 6.07 Å². The van der Waals surface area contributed by atoms with Gasteiger partial charge in [-0.25, -0.2) is 0 Å². The third-order valence-corrected chi connectivity index (χ3v) is 4.64. The number of nitriles is 1. The zero-order valence-corrected chi connectivity index (χ0v) is 13.1. The molecule has 1 aliphatic heterocycles. The first-order chi connectivity index (χ1) is 9.30. The number of alkyl halides is 1. The summed E-state index contributed by atoms with van der Waals surface area (Å²) < 4.78 is 0. The number of hydrogen-bond acceptors (Lipinski definition) is 2. The summed E-state index contributed by atoms with van der Waals surface area (Å²) in [5.41, 5.74) is 3.11. The maximum absolute atomic E-state index is 9.41. The van der Waals surface area contributed by atoms with Crippen LogP contribution in [0.2, 0.25) is 0 Å². The Balaban J connectivity index is 2.35. The van der Waals surface area contributed by atoms with Crippen molar-refractivity contribution in [1.29, 1.82) is 5.26 Å². The first-order valence-electron chi connectivity index (χ1n) is 7.15. The molecule has 0 N–H and O–H groups in total. The summed E-state index contributed by atoms with van der Waals surface area (Å²) >= 11 is 3.46. The van der Waals surface area contributed by atoms with E-state index in [4.69, 9.17) is 0 Å². The summed E-state index contributed by atoms with van der Waals surface area (Å²) in [7, 11) is 0. The molecule has 1 saturated heterocycles. The van der Waals surface area contributed by atoms with Crippen molar-refractivity contribution in [2.45, 2.75) is 50.4 Å². The summed E-state index contributed by atoms with van der Waals surface area (Å²) in [6, 6.07) is 9.23. The summed E-state index contributed by atoms with van der Waals surface area (Å²) in [4.78, 5) is 2.46. The van der Waals surface area contributed by atoms with Gasteiger partial charge in [-0.15, -0.1) is 0 Å². The molecular weight excluding hydrogens is 300 g/mol. The maximum Gasteiger partial charge on any atom is 0.101 e. The van der Waals surface area contributed by atoms with E-state index in [-0.39, 0.29) is 0 Å². The predicted molar refractivity (Wildman–Crippen MR) is 83.7 cm³/mol. The number of rotatable bonds is 3. The lowest BCUT2D eigenvalue weighted by Gasteiger charge is -2.32. The van der Waals surface area contributed by atoms with Gasteiger partial charge in [-0.05, 0) is 37.0 Å². The topological polar surface area (TPSA) is 27.0 Å². The van der Waals surface area contributed by atoms with E-state index >= 15 is 0 Å². The summed E-state index contributed by atoms with van der Waals surface area (Å²) in [5.74, 6) is 0. The number of benzene rings is 1. The molecule has 1 aliphatic rings. The quantitative estimate of drug-likeness (QED) is 0.760. The lowest BCUT2D eigenvalue weighted by molar-refractivity contribution is 0.556. The Hall–Kier alpha value is -1.01. The van der Waals surface area contributed by atoms with Crippen LogP contribution in [0, 0.1) is 11.3 Å². The highest BCUT2D eigenvalue weighted by molar-refractivity contribution is 9.08. The molecule has 3 heteroatoms. The van der Waals surface area contributed by atoms with E-state index in [0.717, 1.165) is 29.5 Å². The van der Waals surface area contributed by atoms with Gasteiger partial charge in [0, 0.05) is 17.9 Å². The van der Waals surface area contributed by atoms with E-state index in [0.29, 0.717) is 6.04 Å². The van der Waals surface area contributed by atoms with Gasteiger partial charge in [0.1, 0.15) is 6.07 Å². The van der Waals surface area contributed by atoms with Crippen LogP contribution < -0.4 is 4.90 Å². The molecule has 0 aromatic heterocycles. The van der Waals surface area contributed by atoms with Gasteiger partial charge in [-0.1, -0.05) is 41.8 Å². The second-order valence-corrected chi connectivity index (χ2v) is 5.76. The van der Waals surface area contributed by atoms with Crippen LogP contribution in [-0.2, 0) is 5.33 Å². The van der Waals surface area contributed by atoms with E-state index in [9.17, 15) is 5.26 Å². The van der Waals surface area contributed by atoms with Crippen LogP contribution in [0.15, 0.2) is 18.2 Å². The minimum atomic E-state index is 0.587. The molecule has 19 heavy (non-hydrogen) atoms. The van der Waals surface area contributed by atoms with Crippen molar-refractivity contribution in [2.24, 2.45) is 0 Å². The largest absolute Gasteiger partial charge is 0.367 e. The molecule has 102 valence electrons. The fourth-order valence-electron chi connectivity index (χ4n) is 2.93. The van der Waals surface area contributed by atoms with Crippen LogP contribution in [0.4, 0.5) is 5.69 Å². The SMILES string of the molecule is CCC1CCCCCN1c1ccc(CBr)cc1C#N. The highest BCUT2D eigenvalue weighted by Crippen LogP contribution is 2.29. The normalized spacial score (nSPS) is 19.8. The van der Waals surface area contributed by atoms with Gasteiger partial charge >= 0.3 is 0 Å². The van der Waals surface area contributed by atoms with Crippen LogP contribution in [-0.4, -0.2) is 12.6 Å². The van der Waals surface area contributed by atoms with Gasteiger partial charge in [0.25, 0.3) is 0 Å². The summed E-state index contributed by atoms with van der Waals surface area (Å²) in [5, 5.41) is 10.2. The highest BCUT2D eigenvalue weighted by Gasteiger charge is 2.21. The van der Waals surface area contributed by atoms with Crippen molar-refractivity contribution in [3.63, 3.8) is 0 Å². The molecule has 1 fully saturated rings. The van der Waals surface area contributed by atoms with Crippen molar-refractivity contribution >= 4 is 21.6 Å². The van der Waals surface area contributed by atoms with Crippen molar-refractivity contribution in [2.75, 3.05) is 11.4 Å². The molecule has 0 saturated carbocycles. The Morgan fingerprint density at radius 2 is 2.21 bits per heavy atom. The zero-order chi connectivity index (χ0) is 13.7. The van der Waals surface area contributed by atoms with Gasteiger partial charge < -0.3 is 4.90 Å². The summed E-state index contributed by atoms with van der Waals surface area (Å²) in [6.07, 6.45) is 6.28.